The number of H-pyrrole nitrogens is 1. The summed E-state index contributed by atoms with van der Waals surface area (Å²) in [4.78, 5) is 26.2. The molecule has 5 heteroatoms. The molecule has 23 heavy (non-hydrogen) atoms. The number of rotatable bonds is 5. The van der Waals surface area contributed by atoms with Crippen LogP contribution in [0.3, 0.4) is 0 Å². The summed E-state index contributed by atoms with van der Waals surface area (Å²) in [7, 11) is 0. The molecule has 1 N–H and O–H groups in total. The number of carbonyl (C=O) groups is 1. The van der Waals surface area contributed by atoms with Gasteiger partial charge in [0.15, 0.2) is 0 Å². The van der Waals surface area contributed by atoms with Gasteiger partial charge in [-0.05, 0) is 17.2 Å². The fourth-order valence-corrected chi connectivity index (χ4v) is 3.05. The van der Waals surface area contributed by atoms with Gasteiger partial charge in [-0.1, -0.05) is 48.5 Å². The molecule has 0 aliphatic rings. The first-order valence-corrected chi connectivity index (χ1v) is 7.34. The zero-order valence-corrected chi connectivity index (χ0v) is 12.6. The van der Waals surface area contributed by atoms with Gasteiger partial charge in [0.05, 0.1) is 5.92 Å². The Morgan fingerprint density at radius 1 is 1.09 bits per heavy atom. The van der Waals surface area contributed by atoms with Gasteiger partial charge in [-0.2, -0.15) is 0 Å². The van der Waals surface area contributed by atoms with Crippen LogP contribution in [0, 0.1) is 10.1 Å². The van der Waals surface area contributed by atoms with Crippen molar-refractivity contribution >= 4 is 16.7 Å². The number of ketones is 1. The van der Waals surface area contributed by atoms with E-state index in [1.54, 1.807) is 6.20 Å². The fraction of sp³-hybridized carbons (Fsp3) is 0.167. The van der Waals surface area contributed by atoms with Gasteiger partial charge in [0.25, 0.3) is 6.04 Å². The van der Waals surface area contributed by atoms with Crippen LogP contribution in [-0.4, -0.2) is 21.7 Å². The first-order valence-electron chi connectivity index (χ1n) is 7.34. The average Bonchev–Trinajstić information content (AvgIpc) is 2.96. The maximum atomic E-state index is 12.0. The number of para-hydroxylation sites is 1. The number of aromatic nitrogens is 1. The van der Waals surface area contributed by atoms with Gasteiger partial charge in [0.1, 0.15) is 0 Å². The molecule has 3 aromatic rings. The molecule has 1 aromatic heterocycles. The molecule has 1 heterocycles. The Balaban J connectivity index is 2.23. The molecule has 0 saturated carbocycles. The minimum Gasteiger partial charge on any atom is -0.361 e. The Bertz CT molecular complexity index is 841. The predicted molar refractivity (Wildman–Crippen MR) is 88.0 cm³/mol. The normalized spacial score (nSPS) is 13.6. The maximum absolute atomic E-state index is 12.0. The predicted octanol–water partition coefficient (Wildman–Crippen LogP) is 3.53. The molecule has 116 valence electrons. The van der Waals surface area contributed by atoms with E-state index < -0.39 is 22.7 Å². The van der Waals surface area contributed by atoms with Crippen LogP contribution in [0.15, 0.2) is 60.8 Å². The molecule has 5 nitrogen and oxygen atoms in total. The third kappa shape index (κ3) is 2.73. The minimum atomic E-state index is -1.31. The molecule has 2 atom stereocenters. The summed E-state index contributed by atoms with van der Waals surface area (Å²) in [5, 5.41) is 12.5. The molecule has 0 bridgehead atoms. The van der Waals surface area contributed by atoms with E-state index in [0.717, 1.165) is 22.0 Å². The summed E-state index contributed by atoms with van der Waals surface area (Å²) >= 11 is 0. The number of Topliss-reactive ketones (excluding diaryl/α,β-unsaturated/α-hetero) is 1. The van der Waals surface area contributed by atoms with Gasteiger partial charge < -0.3 is 4.98 Å². The van der Waals surface area contributed by atoms with Crippen LogP contribution in [0.1, 0.15) is 24.0 Å². The standard InChI is InChI=1S/C18H16N2O3/c1-12(21)18(20(22)23)17(13-7-3-2-4-8-13)15-11-19-16-10-6-5-9-14(15)16/h2-11,17-19H,1H3/t17-,18+/m1/s1. The Hall–Kier alpha value is -2.95. The van der Waals surface area contributed by atoms with Crippen molar-refractivity contribution in [2.45, 2.75) is 18.9 Å². The Kier molecular flexibility index (Phi) is 3.93. The highest BCUT2D eigenvalue weighted by Gasteiger charge is 2.39. The maximum Gasteiger partial charge on any atom is 0.280 e. The number of nitrogens with one attached hydrogen (secondary N) is 1. The van der Waals surface area contributed by atoms with Crippen molar-refractivity contribution in [1.82, 2.24) is 4.98 Å². The number of benzene rings is 2. The molecule has 0 aliphatic carbocycles. The second kappa shape index (κ2) is 6.04. The summed E-state index contributed by atoms with van der Waals surface area (Å²) in [5.41, 5.74) is 2.42. The second-order valence-corrected chi connectivity index (χ2v) is 5.52. The van der Waals surface area contributed by atoms with Crippen LogP contribution in [0.4, 0.5) is 0 Å². The lowest BCUT2D eigenvalue weighted by Gasteiger charge is -2.19. The zero-order valence-electron chi connectivity index (χ0n) is 12.6. The van der Waals surface area contributed by atoms with E-state index in [-0.39, 0.29) is 0 Å². The van der Waals surface area contributed by atoms with Crippen LogP contribution in [-0.2, 0) is 4.79 Å². The molecule has 0 unspecified atom stereocenters. The van der Waals surface area contributed by atoms with Crippen molar-refractivity contribution in [1.29, 1.82) is 0 Å². The molecule has 0 aliphatic heterocycles. The van der Waals surface area contributed by atoms with E-state index in [0.29, 0.717) is 0 Å². The van der Waals surface area contributed by atoms with Gasteiger partial charge in [-0.15, -0.1) is 0 Å². The molecule has 0 fully saturated rings. The molecule has 3 rings (SSSR count). The van der Waals surface area contributed by atoms with E-state index in [4.69, 9.17) is 0 Å². The monoisotopic (exact) mass is 308 g/mol. The number of nitro groups is 1. The van der Waals surface area contributed by atoms with Gasteiger partial charge >= 0.3 is 0 Å². The number of fused-ring (bicyclic) bond motifs is 1. The SMILES string of the molecule is CC(=O)[C@@H]([C@H](c1ccccc1)c1c[nH]c2ccccc12)[N+](=O)[O-]. The zero-order chi connectivity index (χ0) is 16.4. The van der Waals surface area contributed by atoms with Crippen LogP contribution < -0.4 is 0 Å². The lowest BCUT2D eigenvalue weighted by atomic mass is 9.83. The van der Waals surface area contributed by atoms with Gasteiger partial charge in [0, 0.05) is 28.9 Å². The number of carbonyl (C=O) groups excluding carboxylic acids is 1. The van der Waals surface area contributed by atoms with Crippen LogP contribution in [0.25, 0.3) is 10.9 Å². The third-order valence-electron chi connectivity index (χ3n) is 4.07. The summed E-state index contributed by atoms with van der Waals surface area (Å²) in [6.45, 7) is 1.28. The molecule has 0 saturated heterocycles. The Morgan fingerprint density at radius 3 is 2.39 bits per heavy atom. The molecular weight excluding hydrogens is 292 g/mol. The van der Waals surface area contributed by atoms with Crippen LogP contribution in [0.5, 0.6) is 0 Å². The van der Waals surface area contributed by atoms with Crippen molar-refractivity contribution in [2.24, 2.45) is 0 Å². The largest absolute Gasteiger partial charge is 0.361 e. The number of nitrogens with zero attached hydrogens (tertiary/aromatic N) is 1. The topological polar surface area (TPSA) is 76.0 Å². The van der Waals surface area contributed by atoms with E-state index in [1.807, 2.05) is 54.6 Å². The lowest BCUT2D eigenvalue weighted by molar-refractivity contribution is -0.509. The first kappa shape index (κ1) is 15.0. The van der Waals surface area contributed by atoms with Gasteiger partial charge in [-0.3, -0.25) is 14.9 Å². The van der Waals surface area contributed by atoms with Crippen LogP contribution >= 0.6 is 0 Å². The van der Waals surface area contributed by atoms with Crippen molar-refractivity contribution in [3.8, 4) is 0 Å². The van der Waals surface area contributed by atoms with E-state index in [9.17, 15) is 14.9 Å². The number of hydrogen-bond donors (Lipinski definition) is 1. The fourth-order valence-electron chi connectivity index (χ4n) is 3.05. The highest BCUT2D eigenvalue weighted by atomic mass is 16.6. The Labute approximate surface area is 133 Å². The highest BCUT2D eigenvalue weighted by molar-refractivity contribution is 5.87. The number of hydrogen-bond acceptors (Lipinski definition) is 3. The minimum absolute atomic E-state index is 0.450. The first-order chi connectivity index (χ1) is 11.1. The van der Waals surface area contributed by atoms with Crippen molar-refractivity contribution < 1.29 is 9.72 Å². The summed E-state index contributed by atoms with van der Waals surface area (Å²) < 4.78 is 0. The third-order valence-corrected chi connectivity index (χ3v) is 4.07. The summed E-state index contributed by atoms with van der Waals surface area (Å²) in [6.07, 6.45) is 1.77. The van der Waals surface area contributed by atoms with Gasteiger partial charge in [0.2, 0.25) is 5.78 Å². The molecular formula is C18H16N2O3. The Morgan fingerprint density at radius 2 is 1.74 bits per heavy atom. The molecule has 0 spiro atoms. The van der Waals surface area contributed by atoms with E-state index in [2.05, 4.69) is 4.98 Å². The molecule has 0 amide bonds. The molecule has 2 aromatic carbocycles. The quantitative estimate of drug-likeness (QED) is 0.578. The van der Waals surface area contributed by atoms with Crippen LogP contribution in [0.2, 0.25) is 0 Å². The van der Waals surface area contributed by atoms with E-state index in [1.165, 1.54) is 6.92 Å². The average molecular weight is 308 g/mol. The van der Waals surface area contributed by atoms with Crippen molar-refractivity contribution in [2.75, 3.05) is 0 Å². The van der Waals surface area contributed by atoms with Gasteiger partial charge in [-0.25, -0.2) is 0 Å². The smallest absolute Gasteiger partial charge is 0.280 e. The van der Waals surface area contributed by atoms with Crippen molar-refractivity contribution in [3.63, 3.8) is 0 Å². The lowest BCUT2D eigenvalue weighted by Crippen LogP contribution is -2.34. The highest BCUT2D eigenvalue weighted by Crippen LogP contribution is 2.34. The summed E-state index contributed by atoms with van der Waals surface area (Å²) in [6, 6.07) is 15.5. The van der Waals surface area contributed by atoms with Crippen molar-refractivity contribution in [3.05, 3.63) is 82.0 Å². The second-order valence-electron chi connectivity index (χ2n) is 5.52. The van der Waals surface area contributed by atoms with E-state index >= 15 is 0 Å². The summed E-state index contributed by atoms with van der Waals surface area (Å²) in [5.74, 6) is -1.08. The molecule has 0 radical (unpaired) electrons. The number of aromatic amines is 1.